The van der Waals surface area contributed by atoms with Crippen molar-refractivity contribution in [3.63, 3.8) is 0 Å². The standard InChI is InChI=1S/C15H23N3/c1-10(2)14-12-9-16-8-7-13(12)17-15(18-14)11-5-3-4-6-11/h10-11,16H,3-9H2,1-2H3. The van der Waals surface area contributed by atoms with Crippen LogP contribution in [0, 0.1) is 0 Å². The van der Waals surface area contributed by atoms with Crippen LogP contribution < -0.4 is 5.32 Å². The topological polar surface area (TPSA) is 37.8 Å². The lowest BCUT2D eigenvalue weighted by atomic mass is 9.97. The van der Waals surface area contributed by atoms with E-state index in [4.69, 9.17) is 9.97 Å². The van der Waals surface area contributed by atoms with E-state index in [2.05, 4.69) is 19.2 Å². The molecule has 0 radical (unpaired) electrons. The fourth-order valence-electron chi connectivity index (χ4n) is 3.23. The molecular formula is C15H23N3. The van der Waals surface area contributed by atoms with E-state index in [9.17, 15) is 0 Å². The van der Waals surface area contributed by atoms with Crippen molar-refractivity contribution in [2.75, 3.05) is 6.54 Å². The SMILES string of the molecule is CC(C)c1nc(C2CCCC2)nc2c1CNCC2. The molecule has 98 valence electrons. The summed E-state index contributed by atoms with van der Waals surface area (Å²) in [5.41, 5.74) is 3.97. The highest BCUT2D eigenvalue weighted by Gasteiger charge is 2.24. The Balaban J connectivity index is 2.03. The van der Waals surface area contributed by atoms with E-state index >= 15 is 0 Å². The number of fused-ring (bicyclic) bond motifs is 1. The molecule has 1 saturated carbocycles. The second kappa shape index (κ2) is 4.96. The van der Waals surface area contributed by atoms with Crippen molar-refractivity contribution in [1.82, 2.24) is 15.3 Å². The van der Waals surface area contributed by atoms with E-state index in [0.717, 1.165) is 25.3 Å². The lowest BCUT2D eigenvalue weighted by Gasteiger charge is -2.23. The minimum atomic E-state index is 0.502. The number of hydrogen-bond acceptors (Lipinski definition) is 3. The van der Waals surface area contributed by atoms with Gasteiger partial charge in [0, 0.05) is 31.0 Å². The molecule has 1 aliphatic heterocycles. The van der Waals surface area contributed by atoms with Gasteiger partial charge in [0.1, 0.15) is 5.82 Å². The van der Waals surface area contributed by atoms with Gasteiger partial charge < -0.3 is 5.32 Å². The van der Waals surface area contributed by atoms with Crippen molar-refractivity contribution >= 4 is 0 Å². The zero-order valence-corrected chi connectivity index (χ0v) is 11.5. The van der Waals surface area contributed by atoms with Gasteiger partial charge in [-0.1, -0.05) is 26.7 Å². The fraction of sp³-hybridized carbons (Fsp3) is 0.733. The van der Waals surface area contributed by atoms with Gasteiger partial charge in [-0.2, -0.15) is 0 Å². The molecule has 1 aromatic heterocycles. The van der Waals surface area contributed by atoms with Crippen molar-refractivity contribution in [2.45, 2.75) is 64.3 Å². The maximum absolute atomic E-state index is 4.92. The summed E-state index contributed by atoms with van der Waals surface area (Å²) in [7, 11) is 0. The van der Waals surface area contributed by atoms with Crippen molar-refractivity contribution in [3.05, 3.63) is 22.8 Å². The highest BCUT2D eigenvalue weighted by Crippen LogP contribution is 2.34. The van der Waals surface area contributed by atoms with Crippen molar-refractivity contribution in [2.24, 2.45) is 0 Å². The average Bonchev–Trinajstić information content (AvgIpc) is 2.91. The van der Waals surface area contributed by atoms with Gasteiger partial charge in [-0.05, 0) is 18.8 Å². The third-order valence-electron chi connectivity index (χ3n) is 4.25. The number of nitrogens with zero attached hydrogens (tertiary/aromatic N) is 2. The van der Waals surface area contributed by atoms with Crippen LogP contribution in [-0.2, 0) is 13.0 Å². The minimum Gasteiger partial charge on any atom is -0.312 e. The lowest BCUT2D eigenvalue weighted by molar-refractivity contribution is 0.580. The summed E-state index contributed by atoms with van der Waals surface area (Å²) in [4.78, 5) is 9.80. The Hall–Kier alpha value is -0.960. The van der Waals surface area contributed by atoms with Crippen LogP contribution in [0.5, 0.6) is 0 Å². The number of aromatic nitrogens is 2. The molecule has 0 spiro atoms. The van der Waals surface area contributed by atoms with E-state index in [1.807, 2.05) is 0 Å². The Morgan fingerprint density at radius 3 is 2.67 bits per heavy atom. The van der Waals surface area contributed by atoms with Gasteiger partial charge in [-0.25, -0.2) is 9.97 Å². The molecule has 2 aliphatic rings. The quantitative estimate of drug-likeness (QED) is 0.870. The summed E-state index contributed by atoms with van der Waals surface area (Å²) in [6, 6.07) is 0. The summed E-state index contributed by atoms with van der Waals surface area (Å²) in [6.07, 6.45) is 6.34. The summed E-state index contributed by atoms with van der Waals surface area (Å²) < 4.78 is 0. The molecule has 0 aromatic carbocycles. The molecular weight excluding hydrogens is 222 g/mol. The molecule has 3 nitrogen and oxygen atoms in total. The zero-order chi connectivity index (χ0) is 12.5. The molecule has 0 unspecified atom stereocenters. The van der Waals surface area contributed by atoms with Crippen LogP contribution in [0.15, 0.2) is 0 Å². The van der Waals surface area contributed by atoms with Crippen LogP contribution in [0.25, 0.3) is 0 Å². The third-order valence-corrected chi connectivity index (χ3v) is 4.25. The van der Waals surface area contributed by atoms with E-state index in [-0.39, 0.29) is 0 Å². The van der Waals surface area contributed by atoms with Crippen LogP contribution >= 0.6 is 0 Å². The Bertz CT molecular complexity index is 434. The van der Waals surface area contributed by atoms with Crippen molar-refractivity contribution < 1.29 is 0 Å². The highest BCUT2D eigenvalue weighted by molar-refractivity contribution is 5.31. The first-order valence-electron chi connectivity index (χ1n) is 7.36. The van der Waals surface area contributed by atoms with Crippen LogP contribution in [0.2, 0.25) is 0 Å². The Morgan fingerprint density at radius 1 is 1.17 bits per heavy atom. The van der Waals surface area contributed by atoms with Gasteiger partial charge in [0.25, 0.3) is 0 Å². The van der Waals surface area contributed by atoms with E-state index < -0.39 is 0 Å². The molecule has 1 aliphatic carbocycles. The van der Waals surface area contributed by atoms with Gasteiger partial charge in [-0.3, -0.25) is 0 Å². The molecule has 0 atom stereocenters. The second-order valence-electron chi connectivity index (χ2n) is 5.96. The molecule has 1 aromatic rings. The molecule has 0 bridgehead atoms. The van der Waals surface area contributed by atoms with Gasteiger partial charge in [0.15, 0.2) is 0 Å². The smallest absolute Gasteiger partial charge is 0.131 e. The molecule has 0 saturated heterocycles. The second-order valence-corrected chi connectivity index (χ2v) is 5.96. The lowest BCUT2D eigenvalue weighted by Crippen LogP contribution is -2.27. The first-order chi connectivity index (χ1) is 8.75. The molecule has 2 heterocycles. The van der Waals surface area contributed by atoms with E-state index in [1.54, 1.807) is 0 Å². The maximum atomic E-state index is 4.92. The first kappa shape index (κ1) is 12.1. The van der Waals surface area contributed by atoms with Crippen molar-refractivity contribution in [1.29, 1.82) is 0 Å². The van der Waals surface area contributed by atoms with Gasteiger partial charge >= 0.3 is 0 Å². The van der Waals surface area contributed by atoms with E-state index in [1.165, 1.54) is 42.6 Å². The molecule has 0 amide bonds. The normalized spacial score (nSPS) is 20.4. The van der Waals surface area contributed by atoms with Crippen LogP contribution in [0.3, 0.4) is 0 Å². The fourth-order valence-corrected chi connectivity index (χ4v) is 3.23. The number of nitrogens with one attached hydrogen (secondary N) is 1. The van der Waals surface area contributed by atoms with Crippen LogP contribution in [0.4, 0.5) is 0 Å². The Kier molecular flexibility index (Phi) is 3.33. The van der Waals surface area contributed by atoms with Gasteiger partial charge in [0.2, 0.25) is 0 Å². The average molecular weight is 245 g/mol. The Labute approximate surface area is 109 Å². The van der Waals surface area contributed by atoms with Crippen LogP contribution in [-0.4, -0.2) is 16.5 Å². The summed E-state index contributed by atoms with van der Waals surface area (Å²) >= 11 is 0. The van der Waals surface area contributed by atoms with Crippen LogP contribution in [0.1, 0.15) is 74.1 Å². The van der Waals surface area contributed by atoms with Gasteiger partial charge in [-0.15, -0.1) is 0 Å². The molecule has 3 heteroatoms. The number of hydrogen-bond donors (Lipinski definition) is 1. The summed E-state index contributed by atoms with van der Waals surface area (Å²) in [5.74, 6) is 2.27. The summed E-state index contributed by atoms with van der Waals surface area (Å²) in [6.45, 7) is 6.50. The van der Waals surface area contributed by atoms with Gasteiger partial charge in [0.05, 0.1) is 11.4 Å². The maximum Gasteiger partial charge on any atom is 0.131 e. The first-order valence-corrected chi connectivity index (χ1v) is 7.36. The highest BCUT2D eigenvalue weighted by atomic mass is 15.0. The molecule has 3 rings (SSSR count). The predicted octanol–water partition coefficient (Wildman–Crippen LogP) is 2.90. The largest absolute Gasteiger partial charge is 0.312 e. The monoisotopic (exact) mass is 245 g/mol. The predicted molar refractivity (Wildman–Crippen MR) is 72.7 cm³/mol. The Morgan fingerprint density at radius 2 is 1.94 bits per heavy atom. The minimum absolute atomic E-state index is 0.502. The zero-order valence-electron chi connectivity index (χ0n) is 11.5. The third kappa shape index (κ3) is 2.16. The van der Waals surface area contributed by atoms with Crippen molar-refractivity contribution in [3.8, 4) is 0 Å². The number of rotatable bonds is 2. The summed E-state index contributed by atoms with van der Waals surface area (Å²) in [5, 5.41) is 3.45. The molecule has 1 N–H and O–H groups in total. The van der Waals surface area contributed by atoms with E-state index in [0.29, 0.717) is 11.8 Å². The molecule has 18 heavy (non-hydrogen) atoms. The molecule has 1 fully saturated rings.